The van der Waals surface area contributed by atoms with Crippen molar-refractivity contribution in [1.29, 1.82) is 0 Å². The lowest BCUT2D eigenvalue weighted by atomic mass is 10.1. The molecule has 0 bridgehead atoms. The summed E-state index contributed by atoms with van der Waals surface area (Å²) in [7, 11) is 2.07. The number of nitrogens with zero attached hydrogens (tertiary/aromatic N) is 3. The molecule has 0 aliphatic carbocycles. The van der Waals surface area contributed by atoms with Crippen molar-refractivity contribution in [3.05, 3.63) is 81.7 Å². The molecular formula is C21H15Br2N3. The lowest BCUT2D eigenvalue weighted by Gasteiger charge is -2.06. The summed E-state index contributed by atoms with van der Waals surface area (Å²) in [6.07, 6.45) is 0. The Bertz CT molecular complexity index is 1090. The summed E-state index contributed by atoms with van der Waals surface area (Å²) in [5.41, 5.74) is 5.00. The van der Waals surface area contributed by atoms with Gasteiger partial charge in [-0.3, -0.25) is 0 Å². The van der Waals surface area contributed by atoms with Gasteiger partial charge in [-0.05, 0) is 42.5 Å². The van der Waals surface area contributed by atoms with E-state index in [1.54, 1.807) is 0 Å². The second-order valence-corrected chi connectivity index (χ2v) is 7.79. The first kappa shape index (κ1) is 17.2. The van der Waals surface area contributed by atoms with E-state index in [4.69, 9.17) is 0 Å². The Morgan fingerprint density at radius 3 is 2.04 bits per heavy atom. The standard InChI is InChI=1S/C21H15Br2N3/c1-26-19-5-3-2-4-18(19)20(21(26)14-6-8-15(22)9-7-14)25-24-17-12-10-16(23)11-13-17/h2-13H,1H3. The third kappa shape index (κ3) is 3.24. The second-order valence-electron chi connectivity index (χ2n) is 5.96. The van der Waals surface area contributed by atoms with Crippen molar-refractivity contribution >= 4 is 54.1 Å². The van der Waals surface area contributed by atoms with E-state index in [2.05, 4.69) is 78.0 Å². The Balaban J connectivity index is 1.90. The fourth-order valence-electron chi connectivity index (χ4n) is 3.03. The Morgan fingerprint density at radius 1 is 0.731 bits per heavy atom. The summed E-state index contributed by atoms with van der Waals surface area (Å²) in [4.78, 5) is 0. The van der Waals surface area contributed by atoms with Gasteiger partial charge >= 0.3 is 0 Å². The number of fused-ring (bicyclic) bond motifs is 1. The summed E-state index contributed by atoms with van der Waals surface area (Å²) in [5, 5.41) is 10.2. The highest BCUT2D eigenvalue weighted by Crippen LogP contribution is 2.40. The Morgan fingerprint density at radius 2 is 1.35 bits per heavy atom. The Kier molecular flexibility index (Phi) is 4.74. The highest BCUT2D eigenvalue weighted by molar-refractivity contribution is 9.10. The molecule has 1 heterocycles. The lowest BCUT2D eigenvalue weighted by molar-refractivity contribution is 0.976. The summed E-state index contributed by atoms with van der Waals surface area (Å²) in [6, 6.07) is 24.4. The van der Waals surface area contributed by atoms with Crippen LogP contribution in [0.15, 0.2) is 92.0 Å². The molecule has 0 atom stereocenters. The van der Waals surface area contributed by atoms with Crippen LogP contribution in [-0.4, -0.2) is 4.57 Å². The van der Waals surface area contributed by atoms with Crippen molar-refractivity contribution in [1.82, 2.24) is 4.57 Å². The highest BCUT2D eigenvalue weighted by Gasteiger charge is 2.16. The number of rotatable bonds is 3. The van der Waals surface area contributed by atoms with Gasteiger partial charge in [0.1, 0.15) is 5.69 Å². The van der Waals surface area contributed by atoms with Gasteiger partial charge in [-0.2, -0.15) is 5.11 Å². The van der Waals surface area contributed by atoms with Crippen LogP contribution in [0.2, 0.25) is 0 Å². The fraction of sp³-hybridized carbons (Fsp3) is 0.0476. The van der Waals surface area contributed by atoms with Gasteiger partial charge in [-0.1, -0.05) is 62.2 Å². The van der Waals surface area contributed by atoms with Crippen molar-refractivity contribution in [2.45, 2.75) is 0 Å². The number of para-hydroxylation sites is 1. The number of benzene rings is 3. The molecule has 3 nitrogen and oxygen atoms in total. The molecule has 0 spiro atoms. The first-order valence-electron chi connectivity index (χ1n) is 8.14. The molecule has 0 radical (unpaired) electrons. The maximum Gasteiger partial charge on any atom is 0.119 e. The van der Waals surface area contributed by atoms with Crippen molar-refractivity contribution in [2.75, 3.05) is 0 Å². The van der Waals surface area contributed by atoms with Crippen LogP contribution in [0, 0.1) is 0 Å². The normalized spacial score (nSPS) is 11.5. The van der Waals surface area contributed by atoms with Crippen molar-refractivity contribution < 1.29 is 0 Å². The van der Waals surface area contributed by atoms with Crippen LogP contribution >= 0.6 is 31.9 Å². The zero-order valence-electron chi connectivity index (χ0n) is 14.0. The summed E-state index contributed by atoms with van der Waals surface area (Å²) in [6.45, 7) is 0. The van der Waals surface area contributed by atoms with Crippen LogP contribution in [0.5, 0.6) is 0 Å². The average Bonchev–Trinajstić information content (AvgIpc) is 2.94. The molecule has 3 aromatic carbocycles. The van der Waals surface area contributed by atoms with Crippen LogP contribution in [0.3, 0.4) is 0 Å². The molecule has 4 rings (SSSR count). The van der Waals surface area contributed by atoms with E-state index in [1.807, 2.05) is 48.5 Å². The van der Waals surface area contributed by atoms with E-state index in [-0.39, 0.29) is 0 Å². The van der Waals surface area contributed by atoms with Gasteiger partial charge in [0.05, 0.1) is 16.9 Å². The number of aryl methyl sites for hydroxylation is 1. The zero-order chi connectivity index (χ0) is 18.1. The Hall–Kier alpha value is -2.24. The number of halogens is 2. The third-order valence-electron chi connectivity index (χ3n) is 4.29. The molecule has 0 aliphatic heterocycles. The number of aromatic nitrogens is 1. The third-order valence-corrected chi connectivity index (χ3v) is 5.35. The number of hydrogen-bond donors (Lipinski definition) is 0. The van der Waals surface area contributed by atoms with Crippen LogP contribution in [0.1, 0.15) is 0 Å². The lowest BCUT2D eigenvalue weighted by Crippen LogP contribution is -1.91. The maximum absolute atomic E-state index is 4.63. The predicted octanol–water partition coefficient (Wildman–Crippen LogP) is 7.79. The van der Waals surface area contributed by atoms with E-state index in [9.17, 15) is 0 Å². The second kappa shape index (κ2) is 7.17. The number of azo groups is 1. The number of hydrogen-bond acceptors (Lipinski definition) is 2. The fourth-order valence-corrected chi connectivity index (χ4v) is 3.56. The van der Waals surface area contributed by atoms with E-state index in [0.717, 1.165) is 42.5 Å². The van der Waals surface area contributed by atoms with E-state index in [0.29, 0.717) is 0 Å². The summed E-state index contributed by atoms with van der Waals surface area (Å²) < 4.78 is 4.25. The molecule has 4 aromatic rings. The Labute approximate surface area is 168 Å². The molecule has 0 saturated heterocycles. The van der Waals surface area contributed by atoms with E-state index >= 15 is 0 Å². The molecule has 0 unspecified atom stereocenters. The van der Waals surface area contributed by atoms with Crippen LogP contribution in [0.4, 0.5) is 11.4 Å². The zero-order valence-corrected chi connectivity index (χ0v) is 17.2. The average molecular weight is 469 g/mol. The van der Waals surface area contributed by atoms with Crippen LogP contribution in [-0.2, 0) is 7.05 Å². The van der Waals surface area contributed by atoms with Crippen LogP contribution in [0.25, 0.3) is 22.2 Å². The van der Waals surface area contributed by atoms with Gasteiger partial charge in [-0.15, -0.1) is 5.11 Å². The monoisotopic (exact) mass is 467 g/mol. The van der Waals surface area contributed by atoms with Crippen LogP contribution < -0.4 is 0 Å². The van der Waals surface area contributed by atoms with E-state index in [1.165, 1.54) is 0 Å². The predicted molar refractivity (Wildman–Crippen MR) is 114 cm³/mol. The molecule has 1 aromatic heterocycles. The van der Waals surface area contributed by atoms with Gasteiger partial charge in [0.2, 0.25) is 0 Å². The topological polar surface area (TPSA) is 29.6 Å². The van der Waals surface area contributed by atoms with E-state index < -0.39 is 0 Å². The molecule has 5 heteroatoms. The SMILES string of the molecule is Cn1c(-c2ccc(Br)cc2)c(N=Nc2ccc(Br)cc2)c2ccccc21. The summed E-state index contributed by atoms with van der Waals surface area (Å²) in [5.74, 6) is 0. The molecule has 26 heavy (non-hydrogen) atoms. The minimum atomic E-state index is 0.822. The van der Waals surface area contributed by atoms with Crippen molar-refractivity contribution in [3.8, 4) is 11.3 Å². The van der Waals surface area contributed by atoms with Gasteiger partial charge in [-0.25, -0.2) is 0 Å². The molecule has 0 fully saturated rings. The highest BCUT2D eigenvalue weighted by atomic mass is 79.9. The van der Waals surface area contributed by atoms with Gasteiger partial charge in [0.15, 0.2) is 0 Å². The first-order chi connectivity index (χ1) is 12.6. The molecule has 128 valence electrons. The minimum absolute atomic E-state index is 0.822. The molecule has 0 saturated carbocycles. The molecule has 0 N–H and O–H groups in total. The van der Waals surface area contributed by atoms with Gasteiger partial charge in [0, 0.05) is 26.9 Å². The smallest absolute Gasteiger partial charge is 0.119 e. The summed E-state index contributed by atoms with van der Waals surface area (Å²) >= 11 is 6.95. The van der Waals surface area contributed by atoms with Crippen molar-refractivity contribution in [3.63, 3.8) is 0 Å². The maximum atomic E-state index is 4.63. The van der Waals surface area contributed by atoms with Gasteiger partial charge in [0.25, 0.3) is 0 Å². The molecular weight excluding hydrogens is 454 g/mol. The molecule has 0 amide bonds. The largest absolute Gasteiger partial charge is 0.342 e. The van der Waals surface area contributed by atoms with Crippen molar-refractivity contribution in [2.24, 2.45) is 17.3 Å². The quantitative estimate of drug-likeness (QED) is 0.274. The minimum Gasteiger partial charge on any atom is -0.342 e. The van der Waals surface area contributed by atoms with Gasteiger partial charge < -0.3 is 4.57 Å². The molecule has 0 aliphatic rings. The first-order valence-corrected chi connectivity index (χ1v) is 9.73.